The number of hydrogen-bond acceptors (Lipinski definition) is 11. The highest BCUT2D eigenvalue weighted by Gasteiger charge is 2.29. The van der Waals surface area contributed by atoms with Gasteiger partial charge in [0.2, 0.25) is 11.8 Å². The molecule has 34 heavy (non-hydrogen) atoms. The number of aryl methyl sites for hydroxylation is 1. The molecule has 3 heterocycles. The van der Waals surface area contributed by atoms with Crippen molar-refractivity contribution >= 4 is 11.3 Å². The fourth-order valence-electron chi connectivity index (χ4n) is 3.54. The molecule has 4 aromatic rings. The van der Waals surface area contributed by atoms with Crippen LogP contribution in [0.15, 0.2) is 28.0 Å². The van der Waals surface area contributed by atoms with Crippen LogP contribution in [0.5, 0.6) is 23.1 Å². The van der Waals surface area contributed by atoms with Gasteiger partial charge in [-0.3, -0.25) is 0 Å². The third kappa shape index (κ3) is 4.52. The molecule has 0 amide bonds. The van der Waals surface area contributed by atoms with Gasteiger partial charge in [-0.05, 0) is 26.0 Å². The molecule has 0 aliphatic rings. The monoisotopic (exact) mass is 484 g/mol. The van der Waals surface area contributed by atoms with Gasteiger partial charge in [0.15, 0.2) is 0 Å². The Bertz CT molecular complexity index is 1280. The minimum absolute atomic E-state index is 0.0344. The van der Waals surface area contributed by atoms with E-state index in [0.29, 0.717) is 35.8 Å². The van der Waals surface area contributed by atoms with Crippen LogP contribution in [-0.2, 0) is 17.8 Å². The molecule has 3 aromatic heterocycles. The Hall–Kier alpha value is -3.70. The molecule has 0 saturated heterocycles. The number of aromatic hydroxyl groups is 2. The second-order valence-corrected chi connectivity index (χ2v) is 8.25. The van der Waals surface area contributed by atoms with E-state index in [0.717, 1.165) is 10.7 Å². The normalized spacial score (nSPS) is 11.1. The number of aromatic nitrogens is 4. The molecule has 0 bridgehead atoms. The van der Waals surface area contributed by atoms with Gasteiger partial charge in [-0.2, -0.15) is 0 Å². The number of pyridine rings is 1. The van der Waals surface area contributed by atoms with E-state index >= 15 is 0 Å². The van der Waals surface area contributed by atoms with E-state index in [1.807, 2.05) is 19.2 Å². The lowest BCUT2D eigenvalue weighted by Crippen LogP contribution is -2.03. The molecule has 1 aromatic carbocycles. The maximum absolute atomic E-state index is 11.4. The largest absolute Gasteiger partial charge is 0.506 e. The molecule has 0 unspecified atom stereocenters. The predicted molar refractivity (Wildman–Crippen MR) is 124 cm³/mol. The molecule has 178 valence electrons. The molecule has 0 spiro atoms. The second kappa shape index (κ2) is 10.1. The fourth-order valence-corrected chi connectivity index (χ4v) is 4.15. The summed E-state index contributed by atoms with van der Waals surface area (Å²) in [6, 6.07) is 5.23. The van der Waals surface area contributed by atoms with E-state index < -0.39 is 5.88 Å². The third-order valence-corrected chi connectivity index (χ3v) is 5.85. The molecule has 4 rings (SSSR count). The number of methoxy groups -OCH3 is 2. The van der Waals surface area contributed by atoms with Gasteiger partial charge < -0.3 is 28.8 Å². The first-order valence-electron chi connectivity index (χ1n) is 10.4. The summed E-state index contributed by atoms with van der Waals surface area (Å²) in [7, 11) is 3.02. The maximum Gasteiger partial charge on any atom is 0.257 e. The van der Waals surface area contributed by atoms with Gasteiger partial charge in [0.25, 0.3) is 5.89 Å². The highest BCUT2D eigenvalue weighted by Crippen LogP contribution is 2.49. The van der Waals surface area contributed by atoms with Gasteiger partial charge in [0, 0.05) is 12.0 Å². The molecule has 0 fully saturated rings. The minimum Gasteiger partial charge on any atom is -0.506 e. The van der Waals surface area contributed by atoms with Crippen LogP contribution in [-0.4, -0.2) is 51.2 Å². The number of ether oxygens (including phenoxy) is 3. The molecular weight excluding hydrogens is 460 g/mol. The van der Waals surface area contributed by atoms with E-state index in [1.54, 1.807) is 18.2 Å². The Balaban J connectivity index is 1.87. The van der Waals surface area contributed by atoms with Crippen molar-refractivity contribution in [1.29, 1.82) is 0 Å². The molecule has 10 nitrogen and oxygen atoms in total. The van der Waals surface area contributed by atoms with Crippen LogP contribution in [0.2, 0.25) is 0 Å². The van der Waals surface area contributed by atoms with Crippen molar-refractivity contribution in [2.24, 2.45) is 0 Å². The van der Waals surface area contributed by atoms with Crippen LogP contribution >= 0.6 is 11.3 Å². The Morgan fingerprint density at radius 3 is 2.35 bits per heavy atom. The number of hydrogen-bond donors (Lipinski definition) is 2. The zero-order valence-corrected chi connectivity index (χ0v) is 20.0. The van der Waals surface area contributed by atoms with Crippen molar-refractivity contribution in [1.82, 2.24) is 20.2 Å². The summed E-state index contributed by atoms with van der Waals surface area (Å²) in [5.41, 5.74) is 1.70. The van der Waals surface area contributed by atoms with Gasteiger partial charge in [-0.1, -0.05) is 6.07 Å². The summed E-state index contributed by atoms with van der Waals surface area (Å²) >= 11 is 1.52. The number of nitrogens with zero attached hydrogens (tertiary/aromatic N) is 4. The highest BCUT2D eigenvalue weighted by molar-refractivity contribution is 7.09. The van der Waals surface area contributed by atoms with Crippen LogP contribution in [0, 0.1) is 6.92 Å². The summed E-state index contributed by atoms with van der Waals surface area (Å²) < 4.78 is 22.3. The molecular formula is C23H24N4O6S. The zero-order valence-electron chi connectivity index (χ0n) is 19.2. The van der Waals surface area contributed by atoms with E-state index in [-0.39, 0.29) is 35.3 Å². The highest BCUT2D eigenvalue weighted by atomic mass is 32.1. The SMILES string of the molecule is CCOCc1nc(O)c(-c2nnc(Cc3csc(C)n3)o2)c(O)c1-c1c(OC)cccc1OC. The smallest absolute Gasteiger partial charge is 0.257 e. The lowest BCUT2D eigenvalue weighted by molar-refractivity contribution is 0.131. The van der Waals surface area contributed by atoms with Crippen molar-refractivity contribution in [2.45, 2.75) is 26.9 Å². The second-order valence-electron chi connectivity index (χ2n) is 7.19. The van der Waals surface area contributed by atoms with Crippen LogP contribution < -0.4 is 9.47 Å². The van der Waals surface area contributed by atoms with E-state index in [1.165, 1.54) is 25.6 Å². The Labute approximate surface area is 199 Å². The Kier molecular flexibility index (Phi) is 6.94. The minimum atomic E-state index is -0.468. The standard InChI is InChI=1S/C23H24N4O6S/c1-5-32-10-14-18(19-15(30-3)7-6-8-16(19)31-4)21(28)20(22(29)25-14)23-27-26-17(33-23)9-13-11-34-12(2)24-13/h6-8,11H,5,9-10H2,1-4H3,(H2,25,28,29). The fraction of sp³-hybridized carbons (Fsp3) is 0.304. The van der Waals surface area contributed by atoms with Crippen molar-refractivity contribution in [3.8, 4) is 45.7 Å². The van der Waals surface area contributed by atoms with Crippen LogP contribution in [0.25, 0.3) is 22.6 Å². The molecule has 0 radical (unpaired) electrons. The number of rotatable bonds is 9. The first-order chi connectivity index (χ1) is 16.5. The van der Waals surface area contributed by atoms with Crippen LogP contribution in [0.3, 0.4) is 0 Å². The zero-order chi connectivity index (χ0) is 24.2. The molecule has 11 heteroatoms. The molecule has 0 aliphatic carbocycles. The van der Waals surface area contributed by atoms with Gasteiger partial charge in [-0.15, -0.1) is 21.5 Å². The predicted octanol–water partition coefficient (Wildman–Crippen LogP) is 4.12. The number of benzene rings is 1. The van der Waals surface area contributed by atoms with Gasteiger partial charge in [0.1, 0.15) is 22.8 Å². The van der Waals surface area contributed by atoms with Crippen LogP contribution in [0.1, 0.15) is 29.2 Å². The van der Waals surface area contributed by atoms with Gasteiger partial charge >= 0.3 is 0 Å². The Morgan fingerprint density at radius 2 is 1.74 bits per heavy atom. The molecule has 0 aliphatic heterocycles. The van der Waals surface area contributed by atoms with E-state index in [2.05, 4.69) is 20.2 Å². The summed E-state index contributed by atoms with van der Waals surface area (Å²) in [4.78, 5) is 8.69. The van der Waals surface area contributed by atoms with Crippen molar-refractivity contribution in [3.05, 3.63) is 45.9 Å². The van der Waals surface area contributed by atoms with E-state index in [9.17, 15) is 10.2 Å². The van der Waals surface area contributed by atoms with Crippen molar-refractivity contribution in [2.75, 3.05) is 20.8 Å². The lowest BCUT2D eigenvalue weighted by Gasteiger charge is -2.18. The summed E-state index contributed by atoms with van der Waals surface area (Å²) in [6.45, 7) is 4.19. The first kappa shape index (κ1) is 23.5. The summed E-state index contributed by atoms with van der Waals surface area (Å²) in [6.07, 6.45) is 0.321. The molecule has 0 saturated carbocycles. The van der Waals surface area contributed by atoms with Gasteiger partial charge in [-0.25, -0.2) is 9.97 Å². The quantitative estimate of drug-likeness (QED) is 0.357. The topological polar surface area (TPSA) is 133 Å². The third-order valence-electron chi connectivity index (χ3n) is 5.03. The Morgan fingerprint density at radius 1 is 1.00 bits per heavy atom. The summed E-state index contributed by atoms with van der Waals surface area (Å²) in [5.74, 6) is 0.303. The molecule has 2 N–H and O–H groups in total. The average molecular weight is 485 g/mol. The lowest BCUT2D eigenvalue weighted by atomic mass is 9.98. The van der Waals surface area contributed by atoms with Crippen molar-refractivity contribution in [3.63, 3.8) is 0 Å². The molecule has 0 atom stereocenters. The van der Waals surface area contributed by atoms with Crippen LogP contribution in [0.4, 0.5) is 0 Å². The number of thiazole rings is 1. The summed E-state index contributed by atoms with van der Waals surface area (Å²) in [5, 5.41) is 33.0. The van der Waals surface area contributed by atoms with Gasteiger partial charge in [0.05, 0.1) is 54.8 Å². The first-order valence-corrected chi connectivity index (χ1v) is 11.3. The maximum atomic E-state index is 11.4. The van der Waals surface area contributed by atoms with E-state index in [4.69, 9.17) is 18.6 Å². The van der Waals surface area contributed by atoms with Crippen molar-refractivity contribution < 1.29 is 28.8 Å². The average Bonchev–Trinajstić information content (AvgIpc) is 3.46.